The van der Waals surface area contributed by atoms with Crippen molar-refractivity contribution in [1.82, 2.24) is 10.3 Å². The number of hydrogen-bond acceptors (Lipinski definition) is 5. The predicted molar refractivity (Wildman–Crippen MR) is 107 cm³/mol. The van der Waals surface area contributed by atoms with E-state index in [-0.39, 0.29) is 5.91 Å². The molecule has 0 aliphatic heterocycles. The maximum Gasteiger partial charge on any atom is 0.253 e. The van der Waals surface area contributed by atoms with E-state index in [1.54, 1.807) is 20.4 Å². The molecular weight excluding hydrogens is 342 g/mol. The lowest BCUT2D eigenvalue weighted by molar-refractivity contribution is 0.0950. The average Bonchev–Trinajstić information content (AvgIpc) is 2.71. The smallest absolute Gasteiger partial charge is 0.253 e. The molecule has 3 aromatic rings. The van der Waals surface area contributed by atoms with Crippen molar-refractivity contribution < 1.29 is 14.3 Å². The number of nitrogens with one attached hydrogen (secondary N) is 2. The lowest BCUT2D eigenvalue weighted by Crippen LogP contribution is -2.25. The number of fused-ring (bicyclic) bond motifs is 1. The summed E-state index contributed by atoms with van der Waals surface area (Å²) < 4.78 is 10.4. The molecule has 0 radical (unpaired) electrons. The van der Waals surface area contributed by atoms with Crippen LogP contribution in [-0.2, 0) is 4.74 Å². The van der Waals surface area contributed by atoms with Gasteiger partial charge in [-0.25, -0.2) is 4.98 Å². The van der Waals surface area contributed by atoms with Gasteiger partial charge in [0.25, 0.3) is 5.91 Å². The van der Waals surface area contributed by atoms with E-state index in [0.717, 1.165) is 28.6 Å². The minimum Gasteiger partial charge on any atom is -0.495 e. The molecule has 0 saturated heterocycles. The number of methoxy groups -OCH3 is 2. The molecule has 0 unspecified atom stereocenters. The van der Waals surface area contributed by atoms with Gasteiger partial charge in [0.15, 0.2) is 0 Å². The van der Waals surface area contributed by atoms with Crippen LogP contribution in [-0.4, -0.2) is 38.3 Å². The fourth-order valence-corrected chi connectivity index (χ4v) is 2.86. The number of benzene rings is 2. The Bertz CT molecular complexity index is 927. The average molecular weight is 365 g/mol. The maximum atomic E-state index is 12.6. The Morgan fingerprint density at radius 2 is 1.78 bits per heavy atom. The van der Waals surface area contributed by atoms with Gasteiger partial charge in [-0.05, 0) is 23.9 Å². The van der Waals surface area contributed by atoms with Crippen molar-refractivity contribution >= 4 is 28.2 Å². The highest BCUT2D eigenvalue weighted by Gasteiger charge is 2.14. The first-order valence-corrected chi connectivity index (χ1v) is 8.79. The summed E-state index contributed by atoms with van der Waals surface area (Å²) in [6.45, 7) is 1.17. The second-order valence-electron chi connectivity index (χ2n) is 5.99. The Kier molecular flexibility index (Phi) is 6.22. The molecule has 0 fully saturated rings. The zero-order chi connectivity index (χ0) is 19.1. The summed E-state index contributed by atoms with van der Waals surface area (Å²) in [7, 11) is 3.27. The first kappa shape index (κ1) is 18.7. The third kappa shape index (κ3) is 4.35. The van der Waals surface area contributed by atoms with Crippen molar-refractivity contribution in [2.24, 2.45) is 0 Å². The molecule has 2 aromatic carbocycles. The summed E-state index contributed by atoms with van der Waals surface area (Å²) in [6, 6.07) is 15.4. The Labute approximate surface area is 158 Å². The molecule has 0 aliphatic rings. The maximum absolute atomic E-state index is 12.6. The molecule has 140 valence electrons. The number of ether oxygens (including phenoxy) is 2. The first-order chi connectivity index (χ1) is 13.2. The van der Waals surface area contributed by atoms with E-state index in [4.69, 9.17) is 9.47 Å². The predicted octanol–water partition coefficient (Wildman–Crippen LogP) is 3.75. The van der Waals surface area contributed by atoms with Crippen molar-refractivity contribution in [3.63, 3.8) is 0 Å². The molecule has 0 bridgehead atoms. The molecule has 3 rings (SSSR count). The van der Waals surface area contributed by atoms with Crippen molar-refractivity contribution in [3.8, 4) is 5.75 Å². The number of nitrogens with zero attached hydrogens (tertiary/aromatic N) is 1. The molecule has 1 aromatic heterocycles. The largest absolute Gasteiger partial charge is 0.495 e. The second kappa shape index (κ2) is 9.00. The Morgan fingerprint density at radius 1 is 1.04 bits per heavy atom. The van der Waals surface area contributed by atoms with Gasteiger partial charge >= 0.3 is 0 Å². The quantitative estimate of drug-likeness (QED) is 0.595. The highest BCUT2D eigenvalue weighted by molar-refractivity contribution is 6.09. The molecular formula is C21H23N3O3. The van der Waals surface area contributed by atoms with E-state index in [1.807, 2.05) is 48.5 Å². The normalized spacial score (nSPS) is 10.6. The van der Waals surface area contributed by atoms with E-state index < -0.39 is 0 Å². The lowest BCUT2D eigenvalue weighted by Gasteiger charge is -2.14. The number of amides is 1. The fraction of sp³-hybridized carbons (Fsp3) is 0.238. The zero-order valence-corrected chi connectivity index (χ0v) is 15.5. The molecule has 0 atom stereocenters. The van der Waals surface area contributed by atoms with Crippen LogP contribution in [0, 0.1) is 0 Å². The molecule has 27 heavy (non-hydrogen) atoms. The van der Waals surface area contributed by atoms with Crippen molar-refractivity contribution in [3.05, 3.63) is 60.3 Å². The third-order valence-electron chi connectivity index (χ3n) is 4.21. The van der Waals surface area contributed by atoms with Gasteiger partial charge < -0.3 is 20.1 Å². The van der Waals surface area contributed by atoms with Gasteiger partial charge in [0.05, 0.1) is 18.4 Å². The van der Waals surface area contributed by atoms with E-state index in [1.165, 1.54) is 0 Å². The standard InChI is InChI=1S/C21H23N3O3/c1-26-13-7-12-22-21(25)17-14-23-20(16-9-4-3-8-15(16)17)24-18-10-5-6-11-19(18)27-2/h3-6,8-11,14H,7,12-13H2,1-2H3,(H,22,25)(H,23,24). The van der Waals surface area contributed by atoms with Crippen molar-refractivity contribution in [1.29, 1.82) is 0 Å². The highest BCUT2D eigenvalue weighted by Crippen LogP contribution is 2.31. The molecule has 6 nitrogen and oxygen atoms in total. The van der Waals surface area contributed by atoms with Gasteiger partial charge in [-0.15, -0.1) is 0 Å². The summed E-state index contributed by atoms with van der Waals surface area (Å²) in [5.41, 5.74) is 1.36. The van der Waals surface area contributed by atoms with Crippen LogP contribution in [0.4, 0.5) is 11.5 Å². The first-order valence-electron chi connectivity index (χ1n) is 8.79. The van der Waals surface area contributed by atoms with E-state index in [0.29, 0.717) is 24.5 Å². The van der Waals surface area contributed by atoms with E-state index in [9.17, 15) is 4.79 Å². The summed E-state index contributed by atoms with van der Waals surface area (Å²) in [6.07, 6.45) is 2.37. The Hall–Kier alpha value is -3.12. The summed E-state index contributed by atoms with van der Waals surface area (Å²) >= 11 is 0. The number of para-hydroxylation sites is 2. The zero-order valence-electron chi connectivity index (χ0n) is 15.5. The van der Waals surface area contributed by atoms with Crippen LogP contribution in [0.15, 0.2) is 54.7 Å². The molecule has 1 heterocycles. The molecule has 0 spiro atoms. The number of aromatic nitrogens is 1. The van der Waals surface area contributed by atoms with Gasteiger partial charge in [0.1, 0.15) is 11.6 Å². The van der Waals surface area contributed by atoms with E-state index >= 15 is 0 Å². The molecule has 1 amide bonds. The number of carbonyl (C=O) groups is 1. The van der Waals surface area contributed by atoms with Crippen LogP contribution in [0.5, 0.6) is 5.75 Å². The van der Waals surface area contributed by atoms with Crippen LogP contribution >= 0.6 is 0 Å². The summed E-state index contributed by atoms with van der Waals surface area (Å²) in [5, 5.41) is 7.93. The molecule has 6 heteroatoms. The third-order valence-corrected chi connectivity index (χ3v) is 4.21. The number of carbonyl (C=O) groups excluding carboxylic acids is 1. The van der Waals surface area contributed by atoms with Gasteiger partial charge in [0, 0.05) is 31.8 Å². The fourth-order valence-electron chi connectivity index (χ4n) is 2.86. The summed E-state index contributed by atoms with van der Waals surface area (Å²) in [5.74, 6) is 1.26. The second-order valence-corrected chi connectivity index (χ2v) is 5.99. The summed E-state index contributed by atoms with van der Waals surface area (Å²) in [4.78, 5) is 17.1. The van der Waals surface area contributed by atoms with Crippen molar-refractivity contribution in [2.75, 3.05) is 32.7 Å². The van der Waals surface area contributed by atoms with Crippen LogP contribution in [0.25, 0.3) is 10.8 Å². The number of anilines is 2. The van der Waals surface area contributed by atoms with Gasteiger partial charge in [0.2, 0.25) is 0 Å². The lowest BCUT2D eigenvalue weighted by atomic mass is 10.1. The minimum atomic E-state index is -0.140. The molecule has 0 saturated carbocycles. The van der Waals surface area contributed by atoms with Crippen LogP contribution < -0.4 is 15.4 Å². The van der Waals surface area contributed by atoms with Gasteiger partial charge in [-0.3, -0.25) is 4.79 Å². The minimum absolute atomic E-state index is 0.140. The van der Waals surface area contributed by atoms with Crippen LogP contribution in [0.1, 0.15) is 16.8 Å². The van der Waals surface area contributed by atoms with Crippen molar-refractivity contribution in [2.45, 2.75) is 6.42 Å². The van der Waals surface area contributed by atoms with E-state index in [2.05, 4.69) is 15.6 Å². The number of rotatable bonds is 8. The SMILES string of the molecule is COCCCNC(=O)c1cnc(Nc2ccccc2OC)c2ccccc12. The van der Waals surface area contributed by atoms with Gasteiger partial charge in [-0.1, -0.05) is 36.4 Å². The number of pyridine rings is 1. The Balaban J connectivity index is 1.90. The molecule has 2 N–H and O–H groups in total. The Morgan fingerprint density at radius 3 is 2.56 bits per heavy atom. The monoisotopic (exact) mass is 365 g/mol. The van der Waals surface area contributed by atoms with Gasteiger partial charge in [-0.2, -0.15) is 0 Å². The highest BCUT2D eigenvalue weighted by atomic mass is 16.5. The molecule has 0 aliphatic carbocycles. The van der Waals surface area contributed by atoms with Crippen LogP contribution in [0.3, 0.4) is 0 Å². The topological polar surface area (TPSA) is 72.5 Å². The number of hydrogen-bond donors (Lipinski definition) is 2. The van der Waals surface area contributed by atoms with Crippen LogP contribution in [0.2, 0.25) is 0 Å².